The van der Waals surface area contributed by atoms with Gasteiger partial charge in [0.15, 0.2) is 5.76 Å². The molecule has 0 aliphatic heterocycles. The van der Waals surface area contributed by atoms with Crippen LogP contribution in [-0.2, 0) is 16.6 Å². The largest absolute Gasteiger partial charge is 0.360 e. The monoisotopic (exact) mass is 334 g/mol. The van der Waals surface area contributed by atoms with Gasteiger partial charge < -0.3 is 4.52 Å². The highest BCUT2D eigenvalue weighted by atomic mass is 35.5. The van der Waals surface area contributed by atoms with Crippen molar-refractivity contribution in [3.8, 4) is 0 Å². The minimum Gasteiger partial charge on any atom is -0.360 e. The minimum atomic E-state index is -3.70. The molecule has 8 heteroatoms. The Morgan fingerprint density at radius 1 is 1.30 bits per heavy atom. The van der Waals surface area contributed by atoms with E-state index in [0.717, 1.165) is 0 Å². The summed E-state index contributed by atoms with van der Waals surface area (Å²) in [7, 11) is -3.70. The van der Waals surface area contributed by atoms with Gasteiger partial charge in [-0.3, -0.25) is 0 Å². The van der Waals surface area contributed by atoms with Crippen LogP contribution in [-0.4, -0.2) is 13.6 Å². The highest BCUT2D eigenvalue weighted by Crippen LogP contribution is 2.22. The molecule has 1 aromatic heterocycles. The number of sulfonamides is 1. The highest BCUT2D eigenvalue weighted by molar-refractivity contribution is 7.89. The molecule has 5 nitrogen and oxygen atoms in total. The van der Waals surface area contributed by atoms with Gasteiger partial charge in [-0.2, -0.15) is 0 Å². The molecule has 1 N–H and O–H groups in total. The summed E-state index contributed by atoms with van der Waals surface area (Å²) in [5.74, 6) is 0.247. The van der Waals surface area contributed by atoms with E-state index in [1.54, 1.807) is 32.0 Å². The van der Waals surface area contributed by atoms with Crippen LogP contribution in [0.4, 0.5) is 0 Å². The van der Waals surface area contributed by atoms with Gasteiger partial charge in [-0.15, -0.1) is 0 Å². The Morgan fingerprint density at radius 3 is 2.55 bits per heavy atom. The molecular formula is C12H12Cl2N2O3S. The number of aryl methyl sites for hydroxylation is 2. The number of rotatable bonds is 4. The van der Waals surface area contributed by atoms with E-state index in [-0.39, 0.29) is 17.2 Å². The van der Waals surface area contributed by atoms with Crippen LogP contribution in [0.2, 0.25) is 10.0 Å². The maximum atomic E-state index is 12.2. The van der Waals surface area contributed by atoms with Crippen LogP contribution in [0.3, 0.4) is 0 Å². The number of aromatic nitrogens is 1. The Bertz CT molecular complexity index is 722. The Balaban J connectivity index is 2.22. The lowest BCUT2D eigenvalue weighted by molar-refractivity contribution is 0.390. The molecule has 0 unspecified atom stereocenters. The van der Waals surface area contributed by atoms with E-state index in [2.05, 4.69) is 9.88 Å². The summed E-state index contributed by atoms with van der Waals surface area (Å²) in [5, 5.41) is 4.52. The summed E-state index contributed by atoms with van der Waals surface area (Å²) in [6.07, 6.45) is 0. The Hall–Kier alpha value is -1.08. The van der Waals surface area contributed by atoms with E-state index in [4.69, 9.17) is 27.7 Å². The van der Waals surface area contributed by atoms with E-state index in [0.29, 0.717) is 21.3 Å². The molecule has 108 valence electrons. The van der Waals surface area contributed by atoms with Crippen molar-refractivity contribution in [1.29, 1.82) is 0 Å². The van der Waals surface area contributed by atoms with Crippen molar-refractivity contribution in [1.82, 2.24) is 9.88 Å². The van der Waals surface area contributed by atoms with Crippen molar-refractivity contribution >= 4 is 33.2 Å². The predicted molar refractivity (Wildman–Crippen MR) is 76.5 cm³/mol. The molecule has 0 fully saturated rings. The second kappa shape index (κ2) is 5.73. The molecule has 0 spiro atoms. The molecule has 0 aliphatic rings. The fourth-order valence-electron chi connectivity index (χ4n) is 1.77. The topological polar surface area (TPSA) is 72.2 Å². The third-order valence-electron chi connectivity index (χ3n) is 2.70. The lowest BCUT2D eigenvalue weighted by atomic mass is 10.2. The zero-order valence-corrected chi connectivity index (χ0v) is 13.1. The van der Waals surface area contributed by atoms with Crippen molar-refractivity contribution in [2.45, 2.75) is 25.3 Å². The van der Waals surface area contributed by atoms with Gasteiger partial charge in [0.25, 0.3) is 0 Å². The zero-order valence-electron chi connectivity index (χ0n) is 10.8. The molecular weight excluding hydrogens is 323 g/mol. The Kier molecular flexibility index (Phi) is 4.39. The predicted octanol–water partition coefficient (Wildman–Crippen LogP) is 3.08. The van der Waals surface area contributed by atoms with Gasteiger partial charge in [-0.05, 0) is 31.5 Å². The van der Waals surface area contributed by atoms with Crippen molar-refractivity contribution in [2.75, 3.05) is 0 Å². The first-order chi connectivity index (χ1) is 9.31. The molecule has 0 aliphatic carbocycles. The minimum absolute atomic E-state index is 0.0579. The lowest BCUT2D eigenvalue weighted by Crippen LogP contribution is -2.24. The van der Waals surface area contributed by atoms with E-state index in [1.807, 2.05) is 0 Å². The molecule has 20 heavy (non-hydrogen) atoms. The quantitative estimate of drug-likeness (QED) is 0.932. The van der Waals surface area contributed by atoms with Crippen LogP contribution in [0.15, 0.2) is 27.6 Å². The number of hydrogen-bond acceptors (Lipinski definition) is 4. The number of nitrogens with one attached hydrogen (secondary N) is 1. The molecule has 2 aromatic rings. The van der Waals surface area contributed by atoms with Crippen molar-refractivity contribution in [3.05, 3.63) is 45.3 Å². The average Bonchev–Trinajstić information content (AvgIpc) is 2.68. The number of nitrogens with zero attached hydrogens (tertiary/aromatic N) is 1. The van der Waals surface area contributed by atoms with Crippen LogP contribution in [0, 0.1) is 13.8 Å². The van der Waals surface area contributed by atoms with Crippen molar-refractivity contribution in [2.24, 2.45) is 0 Å². The Labute approximate surface area is 126 Å². The van der Waals surface area contributed by atoms with Crippen molar-refractivity contribution in [3.63, 3.8) is 0 Å². The first kappa shape index (κ1) is 15.3. The number of benzene rings is 1. The van der Waals surface area contributed by atoms with Crippen LogP contribution in [0.1, 0.15) is 17.0 Å². The lowest BCUT2D eigenvalue weighted by Gasteiger charge is -2.08. The summed E-state index contributed by atoms with van der Waals surface area (Å²) < 4.78 is 31.7. The zero-order chi connectivity index (χ0) is 14.9. The molecule has 0 atom stereocenters. The first-order valence-electron chi connectivity index (χ1n) is 5.67. The number of hydrogen-bond donors (Lipinski definition) is 1. The van der Waals surface area contributed by atoms with E-state index >= 15 is 0 Å². The number of halogens is 2. The van der Waals surface area contributed by atoms with Crippen LogP contribution >= 0.6 is 23.2 Å². The van der Waals surface area contributed by atoms with Crippen molar-refractivity contribution < 1.29 is 12.9 Å². The maximum absolute atomic E-state index is 12.2. The van der Waals surface area contributed by atoms with E-state index < -0.39 is 10.0 Å². The second-order valence-electron chi connectivity index (χ2n) is 4.21. The van der Waals surface area contributed by atoms with Gasteiger partial charge in [0.2, 0.25) is 10.0 Å². The van der Waals surface area contributed by atoms with Gasteiger partial charge in [0.1, 0.15) is 10.6 Å². The van der Waals surface area contributed by atoms with Crippen LogP contribution < -0.4 is 4.72 Å². The SMILES string of the molecule is Cc1noc(C)c1S(=O)(=O)NCc1ccc(Cl)cc1Cl. The van der Waals surface area contributed by atoms with Crippen LogP contribution in [0.5, 0.6) is 0 Å². The molecule has 0 bridgehead atoms. The molecule has 0 radical (unpaired) electrons. The fourth-order valence-corrected chi connectivity index (χ4v) is 3.58. The smallest absolute Gasteiger partial charge is 0.246 e. The Morgan fingerprint density at radius 2 is 2.00 bits per heavy atom. The fraction of sp³-hybridized carbons (Fsp3) is 0.250. The molecule has 0 amide bonds. The highest BCUT2D eigenvalue weighted by Gasteiger charge is 2.23. The molecule has 1 heterocycles. The van der Waals surface area contributed by atoms with Gasteiger partial charge >= 0.3 is 0 Å². The third-order valence-corrected chi connectivity index (χ3v) is 4.94. The van der Waals surface area contributed by atoms with E-state index in [1.165, 1.54) is 0 Å². The van der Waals surface area contributed by atoms with Gasteiger partial charge in [-0.25, -0.2) is 13.1 Å². The molecule has 1 aromatic carbocycles. The summed E-state index contributed by atoms with van der Waals surface area (Å²) in [6.45, 7) is 3.17. The average molecular weight is 335 g/mol. The van der Waals surface area contributed by atoms with E-state index in [9.17, 15) is 8.42 Å². The standard InChI is InChI=1S/C12H12Cl2N2O3S/c1-7-12(8(2)19-16-7)20(17,18)15-6-9-3-4-10(13)5-11(9)14/h3-5,15H,6H2,1-2H3. The summed E-state index contributed by atoms with van der Waals surface area (Å²) in [6, 6.07) is 4.87. The molecule has 0 saturated carbocycles. The summed E-state index contributed by atoms with van der Waals surface area (Å²) >= 11 is 11.8. The van der Waals surface area contributed by atoms with Crippen LogP contribution in [0.25, 0.3) is 0 Å². The molecule has 2 rings (SSSR count). The normalized spacial score (nSPS) is 11.8. The van der Waals surface area contributed by atoms with Gasteiger partial charge in [0.05, 0.1) is 0 Å². The second-order valence-corrected chi connectivity index (χ2v) is 6.76. The third kappa shape index (κ3) is 3.15. The maximum Gasteiger partial charge on any atom is 0.246 e. The first-order valence-corrected chi connectivity index (χ1v) is 7.91. The van der Waals surface area contributed by atoms with Gasteiger partial charge in [-0.1, -0.05) is 34.4 Å². The molecule has 0 saturated heterocycles. The summed E-state index contributed by atoms with van der Waals surface area (Å²) in [4.78, 5) is 0.0579. The summed E-state index contributed by atoms with van der Waals surface area (Å²) in [5.41, 5.74) is 0.948. The van der Waals surface area contributed by atoms with Gasteiger partial charge in [0, 0.05) is 16.6 Å².